The molecule has 0 saturated heterocycles. The predicted molar refractivity (Wildman–Crippen MR) is 87.1 cm³/mol. The Balaban J connectivity index is 2.14. The summed E-state index contributed by atoms with van der Waals surface area (Å²) in [5, 5.41) is 3.46. The van der Waals surface area contributed by atoms with Crippen molar-refractivity contribution in [1.82, 2.24) is 5.32 Å². The van der Waals surface area contributed by atoms with Crippen LogP contribution in [0.2, 0.25) is 0 Å². The van der Waals surface area contributed by atoms with Crippen molar-refractivity contribution in [3.63, 3.8) is 0 Å². The van der Waals surface area contributed by atoms with Crippen LogP contribution in [-0.4, -0.2) is 19.8 Å². The number of methoxy groups -OCH3 is 1. The van der Waals surface area contributed by atoms with Gasteiger partial charge in [-0.2, -0.15) is 0 Å². The average Bonchev–Trinajstić information content (AvgIpc) is 2.49. The standard InChI is InChI=1S/C18H29NO2/c1-5-19-14(3)17-11-10-16(20-4)12-18(17)21-15-8-6-13(2)7-9-15/h10-15,19H,5-9H2,1-4H3. The van der Waals surface area contributed by atoms with Crippen LogP contribution in [0.3, 0.4) is 0 Å². The van der Waals surface area contributed by atoms with Crippen LogP contribution in [0.15, 0.2) is 18.2 Å². The number of ether oxygens (including phenoxy) is 2. The minimum absolute atomic E-state index is 0.290. The van der Waals surface area contributed by atoms with Crippen LogP contribution >= 0.6 is 0 Å². The maximum atomic E-state index is 6.32. The zero-order valence-electron chi connectivity index (χ0n) is 13.8. The molecule has 3 nitrogen and oxygen atoms in total. The highest BCUT2D eigenvalue weighted by Crippen LogP contribution is 2.33. The Kier molecular flexibility index (Phi) is 5.92. The minimum Gasteiger partial charge on any atom is -0.497 e. The number of hydrogen-bond acceptors (Lipinski definition) is 3. The number of hydrogen-bond donors (Lipinski definition) is 1. The van der Waals surface area contributed by atoms with Gasteiger partial charge in [-0.25, -0.2) is 0 Å². The van der Waals surface area contributed by atoms with Crippen molar-refractivity contribution in [3.05, 3.63) is 23.8 Å². The molecule has 1 aliphatic rings. The zero-order chi connectivity index (χ0) is 15.2. The summed E-state index contributed by atoms with van der Waals surface area (Å²) in [4.78, 5) is 0. The summed E-state index contributed by atoms with van der Waals surface area (Å²) >= 11 is 0. The first kappa shape index (κ1) is 16.2. The van der Waals surface area contributed by atoms with Crippen LogP contribution in [0.4, 0.5) is 0 Å². The molecule has 21 heavy (non-hydrogen) atoms. The van der Waals surface area contributed by atoms with E-state index in [9.17, 15) is 0 Å². The summed E-state index contributed by atoms with van der Waals surface area (Å²) < 4.78 is 11.7. The highest BCUT2D eigenvalue weighted by Gasteiger charge is 2.21. The normalized spacial score (nSPS) is 23.6. The molecule has 1 aromatic carbocycles. The lowest BCUT2D eigenvalue weighted by molar-refractivity contribution is 0.133. The van der Waals surface area contributed by atoms with Gasteiger partial charge in [-0.15, -0.1) is 0 Å². The Morgan fingerprint density at radius 2 is 1.95 bits per heavy atom. The van der Waals surface area contributed by atoms with Gasteiger partial charge < -0.3 is 14.8 Å². The van der Waals surface area contributed by atoms with Crippen molar-refractivity contribution in [2.24, 2.45) is 5.92 Å². The van der Waals surface area contributed by atoms with E-state index in [-0.39, 0.29) is 0 Å². The Morgan fingerprint density at radius 1 is 1.24 bits per heavy atom. The van der Waals surface area contributed by atoms with Crippen molar-refractivity contribution in [1.29, 1.82) is 0 Å². The highest BCUT2D eigenvalue weighted by molar-refractivity contribution is 5.42. The van der Waals surface area contributed by atoms with Crippen molar-refractivity contribution in [3.8, 4) is 11.5 Å². The summed E-state index contributed by atoms with van der Waals surface area (Å²) in [6.07, 6.45) is 5.21. The lowest BCUT2D eigenvalue weighted by Gasteiger charge is -2.28. The van der Waals surface area contributed by atoms with E-state index < -0.39 is 0 Å². The van der Waals surface area contributed by atoms with E-state index in [1.165, 1.54) is 18.4 Å². The van der Waals surface area contributed by atoms with Crippen molar-refractivity contribution in [2.45, 2.75) is 58.6 Å². The zero-order valence-corrected chi connectivity index (χ0v) is 13.8. The average molecular weight is 291 g/mol. The fourth-order valence-electron chi connectivity index (χ4n) is 3.04. The SMILES string of the molecule is CCNC(C)c1ccc(OC)cc1OC1CCC(C)CC1. The van der Waals surface area contributed by atoms with Gasteiger partial charge in [0.25, 0.3) is 0 Å². The molecule has 1 aliphatic carbocycles. The summed E-state index contributed by atoms with van der Waals surface area (Å²) in [7, 11) is 1.70. The van der Waals surface area contributed by atoms with Crippen LogP contribution in [-0.2, 0) is 0 Å². The second kappa shape index (κ2) is 7.69. The van der Waals surface area contributed by atoms with E-state index in [2.05, 4.69) is 32.2 Å². The molecule has 0 amide bonds. The van der Waals surface area contributed by atoms with Crippen molar-refractivity contribution in [2.75, 3.05) is 13.7 Å². The summed E-state index contributed by atoms with van der Waals surface area (Å²) in [5.41, 5.74) is 1.22. The first-order chi connectivity index (χ1) is 10.1. The second-order valence-electron chi connectivity index (χ2n) is 6.18. The highest BCUT2D eigenvalue weighted by atomic mass is 16.5. The number of nitrogens with one attached hydrogen (secondary N) is 1. The molecule has 2 rings (SSSR count). The van der Waals surface area contributed by atoms with Crippen LogP contribution < -0.4 is 14.8 Å². The fourth-order valence-corrected chi connectivity index (χ4v) is 3.04. The second-order valence-corrected chi connectivity index (χ2v) is 6.18. The molecule has 0 bridgehead atoms. The van der Waals surface area contributed by atoms with E-state index in [0.717, 1.165) is 36.8 Å². The molecule has 0 radical (unpaired) electrons. The molecule has 0 aromatic heterocycles. The van der Waals surface area contributed by atoms with Crippen LogP contribution in [0.25, 0.3) is 0 Å². The maximum Gasteiger partial charge on any atom is 0.128 e. The molecule has 0 aliphatic heterocycles. The first-order valence-electron chi connectivity index (χ1n) is 8.22. The molecule has 0 heterocycles. The Bertz CT molecular complexity index is 439. The van der Waals surface area contributed by atoms with Crippen LogP contribution in [0.1, 0.15) is 58.1 Å². The van der Waals surface area contributed by atoms with Gasteiger partial charge in [-0.1, -0.05) is 19.9 Å². The van der Waals surface area contributed by atoms with Gasteiger partial charge in [0.2, 0.25) is 0 Å². The Morgan fingerprint density at radius 3 is 2.57 bits per heavy atom. The Labute approximate surface area is 129 Å². The third-order valence-corrected chi connectivity index (χ3v) is 4.45. The molecule has 3 heteroatoms. The molecular weight excluding hydrogens is 262 g/mol. The van der Waals surface area contributed by atoms with Gasteiger partial charge in [-0.05, 0) is 51.1 Å². The van der Waals surface area contributed by atoms with Gasteiger partial charge >= 0.3 is 0 Å². The molecule has 1 fully saturated rings. The molecule has 1 N–H and O–H groups in total. The smallest absolute Gasteiger partial charge is 0.128 e. The van der Waals surface area contributed by atoms with Crippen molar-refractivity contribution >= 4 is 0 Å². The minimum atomic E-state index is 0.290. The van der Waals surface area contributed by atoms with E-state index in [1.807, 2.05) is 12.1 Å². The van der Waals surface area contributed by atoms with E-state index in [1.54, 1.807) is 7.11 Å². The van der Waals surface area contributed by atoms with E-state index in [0.29, 0.717) is 12.1 Å². The summed E-state index contributed by atoms with van der Waals surface area (Å²) in [6.45, 7) is 7.60. The monoisotopic (exact) mass is 291 g/mol. The van der Waals surface area contributed by atoms with Gasteiger partial charge in [0.05, 0.1) is 13.2 Å². The molecule has 0 spiro atoms. The first-order valence-corrected chi connectivity index (χ1v) is 8.22. The van der Waals surface area contributed by atoms with Gasteiger partial charge in [0.15, 0.2) is 0 Å². The number of rotatable bonds is 6. The van der Waals surface area contributed by atoms with Crippen molar-refractivity contribution < 1.29 is 9.47 Å². The third-order valence-electron chi connectivity index (χ3n) is 4.45. The van der Waals surface area contributed by atoms with Gasteiger partial charge in [-0.3, -0.25) is 0 Å². The predicted octanol–water partition coefficient (Wildman–Crippen LogP) is 4.32. The van der Waals surface area contributed by atoms with E-state index in [4.69, 9.17) is 9.47 Å². The maximum absolute atomic E-state index is 6.32. The molecular formula is C18H29NO2. The van der Waals surface area contributed by atoms with Crippen LogP contribution in [0, 0.1) is 5.92 Å². The third kappa shape index (κ3) is 4.37. The summed E-state index contributed by atoms with van der Waals surface area (Å²) in [6, 6.07) is 6.45. The lowest BCUT2D eigenvalue weighted by atomic mass is 9.89. The molecule has 1 atom stereocenters. The van der Waals surface area contributed by atoms with Gasteiger partial charge in [0.1, 0.15) is 11.5 Å². The number of benzene rings is 1. The fraction of sp³-hybridized carbons (Fsp3) is 0.667. The van der Waals surface area contributed by atoms with Gasteiger partial charge in [0, 0.05) is 17.7 Å². The lowest BCUT2D eigenvalue weighted by Crippen LogP contribution is -2.25. The molecule has 1 aromatic rings. The topological polar surface area (TPSA) is 30.5 Å². The molecule has 1 unspecified atom stereocenters. The Hall–Kier alpha value is -1.22. The quantitative estimate of drug-likeness (QED) is 0.846. The molecule has 1 saturated carbocycles. The molecule has 118 valence electrons. The summed E-state index contributed by atoms with van der Waals surface area (Å²) in [5.74, 6) is 2.68. The largest absolute Gasteiger partial charge is 0.497 e. The van der Waals surface area contributed by atoms with Crippen LogP contribution in [0.5, 0.6) is 11.5 Å². The van der Waals surface area contributed by atoms with E-state index >= 15 is 0 Å².